The predicted molar refractivity (Wildman–Crippen MR) is 72.3 cm³/mol. The Morgan fingerprint density at radius 1 is 1.28 bits per heavy atom. The molecule has 1 saturated heterocycles. The number of hydrogen-bond donors (Lipinski definition) is 2. The van der Waals surface area contributed by atoms with E-state index in [1.807, 2.05) is 0 Å². The molecule has 4 heteroatoms. The summed E-state index contributed by atoms with van der Waals surface area (Å²) >= 11 is 0. The van der Waals surface area contributed by atoms with Gasteiger partial charge < -0.3 is 15.5 Å². The Morgan fingerprint density at radius 3 is 2.89 bits per heavy atom. The number of nitrogens with zero attached hydrogens (tertiary/aromatic N) is 1. The maximum Gasteiger partial charge on any atom is 0.0594 e. The monoisotopic (exact) mass is 245 g/mol. The van der Waals surface area contributed by atoms with E-state index in [2.05, 4.69) is 34.3 Å². The molecule has 0 atom stereocenters. The van der Waals surface area contributed by atoms with Crippen molar-refractivity contribution in [1.29, 1.82) is 0 Å². The van der Waals surface area contributed by atoms with Crippen LogP contribution in [-0.4, -0.2) is 36.2 Å². The van der Waals surface area contributed by atoms with Crippen LogP contribution in [0.3, 0.4) is 0 Å². The number of nitrogens with one attached hydrogen (secondary N) is 1. The number of rotatable bonds is 3. The number of ether oxygens (including phenoxy) is 1. The largest absolute Gasteiger partial charge is 0.379 e. The van der Waals surface area contributed by atoms with E-state index in [-0.39, 0.29) is 0 Å². The highest BCUT2D eigenvalue weighted by atomic mass is 16.5. The van der Waals surface area contributed by atoms with Crippen LogP contribution in [0.2, 0.25) is 0 Å². The van der Waals surface area contributed by atoms with Gasteiger partial charge in [0, 0.05) is 43.3 Å². The quantitative estimate of drug-likeness (QED) is 0.860. The van der Waals surface area contributed by atoms with Gasteiger partial charge in [-0.05, 0) is 23.3 Å². The zero-order valence-corrected chi connectivity index (χ0v) is 10.5. The molecular weight excluding hydrogens is 226 g/mol. The van der Waals surface area contributed by atoms with Crippen molar-refractivity contribution in [1.82, 2.24) is 9.88 Å². The first-order valence-electron chi connectivity index (χ1n) is 6.46. The Labute approximate surface area is 107 Å². The highest BCUT2D eigenvalue weighted by molar-refractivity contribution is 5.83. The van der Waals surface area contributed by atoms with Crippen molar-refractivity contribution in [3.8, 4) is 0 Å². The van der Waals surface area contributed by atoms with Crippen LogP contribution in [0.1, 0.15) is 11.1 Å². The van der Waals surface area contributed by atoms with Gasteiger partial charge in [-0.2, -0.15) is 0 Å². The van der Waals surface area contributed by atoms with Crippen molar-refractivity contribution in [3.05, 3.63) is 35.5 Å². The van der Waals surface area contributed by atoms with Crippen LogP contribution in [0.5, 0.6) is 0 Å². The van der Waals surface area contributed by atoms with E-state index in [4.69, 9.17) is 10.5 Å². The van der Waals surface area contributed by atoms with Crippen LogP contribution in [0.25, 0.3) is 10.9 Å². The maximum atomic E-state index is 5.71. The summed E-state index contributed by atoms with van der Waals surface area (Å²) in [6.07, 6.45) is 2.11. The highest BCUT2D eigenvalue weighted by Crippen LogP contribution is 2.21. The minimum atomic E-state index is 0.595. The van der Waals surface area contributed by atoms with E-state index >= 15 is 0 Å². The molecule has 0 aliphatic carbocycles. The molecule has 1 aromatic heterocycles. The molecule has 1 fully saturated rings. The Morgan fingerprint density at radius 2 is 2.11 bits per heavy atom. The molecule has 0 radical (unpaired) electrons. The summed E-state index contributed by atoms with van der Waals surface area (Å²) in [5.41, 5.74) is 9.43. The lowest BCUT2D eigenvalue weighted by molar-refractivity contribution is 0.0343. The SMILES string of the molecule is NCc1ccc2[nH]cc(CN3CCOCC3)c2c1. The first-order chi connectivity index (χ1) is 8.86. The fourth-order valence-electron chi connectivity index (χ4n) is 2.48. The van der Waals surface area contributed by atoms with E-state index in [1.54, 1.807) is 0 Å². The minimum absolute atomic E-state index is 0.595. The predicted octanol–water partition coefficient (Wildman–Crippen LogP) is 1.46. The normalized spacial score (nSPS) is 17.4. The number of aromatic amines is 1. The van der Waals surface area contributed by atoms with Crippen molar-refractivity contribution in [2.24, 2.45) is 5.73 Å². The Hall–Kier alpha value is -1.36. The molecule has 1 aliphatic rings. The van der Waals surface area contributed by atoms with Gasteiger partial charge in [-0.25, -0.2) is 0 Å². The second-order valence-electron chi connectivity index (χ2n) is 4.79. The Bertz CT molecular complexity index is 529. The van der Waals surface area contributed by atoms with Gasteiger partial charge >= 0.3 is 0 Å². The molecule has 4 nitrogen and oxygen atoms in total. The molecule has 3 rings (SSSR count). The van der Waals surface area contributed by atoms with Crippen LogP contribution in [0.4, 0.5) is 0 Å². The molecule has 1 aromatic carbocycles. The lowest BCUT2D eigenvalue weighted by Gasteiger charge is -2.26. The highest BCUT2D eigenvalue weighted by Gasteiger charge is 2.13. The molecule has 96 valence electrons. The summed E-state index contributed by atoms with van der Waals surface area (Å²) in [5, 5.41) is 1.30. The number of hydrogen-bond acceptors (Lipinski definition) is 3. The molecular formula is C14H19N3O. The second kappa shape index (κ2) is 5.10. The van der Waals surface area contributed by atoms with Crippen molar-refractivity contribution < 1.29 is 4.74 Å². The van der Waals surface area contributed by atoms with Crippen LogP contribution < -0.4 is 5.73 Å². The van der Waals surface area contributed by atoms with Crippen LogP contribution >= 0.6 is 0 Å². The van der Waals surface area contributed by atoms with Crippen LogP contribution in [-0.2, 0) is 17.8 Å². The molecule has 0 unspecified atom stereocenters. The van der Waals surface area contributed by atoms with Gasteiger partial charge in [0.1, 0.15) is 0 Å². The summed E-state index contributed by atoms with van der Waals surface area (Å²) in [5.74, 6) is 0. The third-order valence-corrected chi connectivity index (χ3v) is 3.57. The summed E-state index contributed by atoms with van der Waals surface area (Å²) in [6, 6.07) is 6.39. The van der Waals surface area contributed by atoms with E-state index in [0.29, 0.717) is 6.54 Å². The van der Waals surface area contributed by atoms with Gasteiger partial charge in [0.05, 0.1) is 13.2 Å². The molecule has 2 aromatic rings. The molecule has 3 N–H and O–H groups in total. The summed E-state index contributed by atoms with van der Waals surface area (Å²) in [7, 11) is 0. The van der Waals surface area contributed by atoms with Gasteiger partial charge in [0.15, 0.2) is 0 Å². The van der Waals surface area contributed by atoms with Gasteiger partial charge in [-0.1, -0.05) is 6.07 Å². The fourth-order valence-corrected chi connectivity index (χ4v) is 2.48. The van der Waals surface area contributed by atoms with E-state index in [0.717, 1.165) is 32.8 Å². The average Bonchev–Trinajstić information content (AvgIpc) is 2.82. The van der Waals surface area contributed by atoms with Gasteiger partial charge in [-0.3, -0.25) is 4.90 Å². The molecule has 1 aliphatic heterocycles. The first-order valence-corrected chi connectivity index (χ1v) is 6.46. The average molecular weight is 245 g/mol. The fraction of sp³-hybridized carbons (Fsp3) is 0.429. The van der Waals surface area contributed by atoms with Crippen molar-refractivity contribution in [2.75, 3.05) is 26.3 Å². The number of fused-ring (bicyclic) bond motifs is 1. The standard InChI is InChI=1S/C14H19N3O/c15-8-11-1-2-14-13(7-11)12(9-16-14)10-17-3-5-18-6-4-17/h1-2,7,9,16H,3-6,8,10,15H2. The maximum absolute atomic E-state index is 5.71. The van der Waals surface area contributed by atoms with Crippen molar-refractivity contribution >= 4 is 10.9 Å². The van der Waals surface area contributed by atoms with Gasteiger partial charge in [0.2, 0.25) is 0 Å². The number of benzene rings is 1. The van der Waals surface area contributed by atoms with Crippen LogP contribution in [0, 0.1) is 0 Å². The van der Waals surface area contributed by atoms with E-state index in [9.17, 15) is 0 Å². The zero-order valence-electron chi connectivity index (χ0n) is 10.5. The van der Waals surface area contributed by atoms with Crippen molar-refractivity contribution in [2.45, 2.75) is 13.1 Å². The number of nitrogens with two attached hydrogens (primary N) is 1. The lowest BCUT2D eigenvalue weighted by atomic mass is 10.1. The smallest absolute Gasteiger partial charge is 0.0594 e. The molecule has 0 spiro atoms. The van der Waals surface area contributed by atoms with Crippen LogP contribution in [0.15, 0.2) is 24.4 Å². The van der Waals surface area contributed by atoms with E-state index in [1.165, 1.54) is 22.0 Å². The summed E-state index contributed by atoms with van der Waals surface area (Å²) in [6.45, 7) is 5.30. The Kier molecular flexibility index (Phi) is 3.32. The number of morpholine rings is 1. The number of aromatic nitrogens is 1. The first kappa shape index (κ1) is 11.7. The van der Waals surface area contributed by atoms with Gasteiger partial charge in [0.25, 0.3) is 0 Å². The summed E-state index contributed by atoms with van der Waals surface area (Å²) in [4.78, 5) is 5.76. The molecule has 18 heavy (non-hydrogen) atoms. The minimum Gasteiger partial charge on any atom is -0.379 e. The van der Waals surface area contributed by atoms with Gasteiger partial charge in [-0.15, -0.1) is 0 Å². The summed E-state index contributed by atoms with van der Waals surface area (Å²) < 4.78 is 5.38. The number of H-pyrrole nitrogens is 1. The molecule has 0 saturated carbocycles. The third kappa shape index (κ3) is 2.27. The lowest BCUT2D eigenvalue weighted by Crippen LogP contribution is -2.35. The van der Waals surface area contributed by atoms with E-state index < -0.39 is 0 Å². The topological polar surface area (TPSA) is 54.3 Å². The Balaban J connectivity index is 1.86. The molecule has 2 heterocycles. The van der Waals surface area contributed by atoms with Crippen molar-refractivity contribution in [3.63, 3.8) is 0 Å². The molecule has 0 bridgehead atoms. The zero-order chi connectivity index (χ0) is 12.4. The third-order valence-electron chi connectivity index (χ3n) is 3.57. The second-order valence-corrected chi connectivity index (χ2v) is 4.79. The molecule has 0 amide bonds.